The van der Waals surface area contributed by atoms with Crippen molar-refractivity contribution in [3.05, 3.63) is 5.89 Å². The van der Waals surface area contributed by atoms with Crippen LogP contribution >= 0.6 is 0 Å². The zero-order valence-electron chi connectivity index (χ0n) is 8.02. The molecule has 0 aromatic carbocycles. The van der Waals surface area contributed by atoms with Crippen LogP contribution in [0.2, 0.25) is 0 Å². The number of hydrogen-bond donors (Lipinski definition) is 1. The Morgan fingerprint density at radius 2 is 2.43 bits per heavy atom. The minimum Gasteiger partial charge on any atom is -0.365 e. The summed E-state index contributed by atoms with van der Waals surface area (Å²) >= 11 is 0. The van der Waals surface area contributed by atoms with Crippen molar-refractivity contribution in [3.63, 3.8) is 0 Å². The summed E-state index contributed by atoms with van der Waals surface area (Å²) < 4.78 is 5.03. The van der Waals surface area contributed by atoms with Crippen molar-refractivity contribution in [3.8, 4) is 0 Å². The number of aromatic nitrogens is 2. The van der Waals surface area contributed by atoms with Gasteiger partial charge in [-0.05, 0) is 30.0 Å². The molecule has 1 aromatic rings. The zero-order chi connectivity index (χ0) is 9.54. The fraction of sp³-hybridized carbons (Fsp3) is 0.778. The van der Waals surface area contributed by atoms with Gasteiger partial charge >= 0.3 is 0 Å². The van der Waals surface area contributed by atoms with Crippen LogP contribution in [0.25, 0.3) is 0 Å². The lowest BCUT2D eigenvalue weighted by molar-refractivity contribution is 0.274. The van der Waals surface area contributed by atoms with E-state index < -0.39 is 0 Å². The van der Waals surface area contributed by atoms with E-state index in [2.05, 4.69) is 15.0 Å². The molecular weight excluding hydrogens is 180 g/mol. The lowest BCUT2D eigenvalue weighted by Gasteiger charge is -2.19. The topological polar surface area (TPSA) is 68.2 Å². The standard InChI is InChI=1S/C9H14N4O/c10-9-11-8(14-12-9)3-7-5-13-2-1-6(7)4-13/h6-7H,1-5H2,(H2,10,12). The number of hydrogen-bond acceptors (Lipinski definition) is 5. The van der Waals surface area contributed by atoms with Gasteiger partial charge in [-0.3, -0.25) is 0 Å². The molecule has 5 heteroatoms. The highest BCUT2D eigenvalue weighted by Gasteiger charge is 2.38. The van der Waals surface area contributed by atoms with Crippen LogP contribution in [0.4, 0.5) is 5.95 Å². The first-order valence-corrected chi connectivity index (χ1v) is 5.11. The number of nitrogen functional groups attached to an aromatic ring is 1. The number of anilines is 1. The molecule has 0 spiro atoms. The largest absolute Gasteiger partial charge is 0.365 e. The lowest BCUT2D eigenvalue weighted by Crippen LogP contribution is -2.24. The summed E-state index contributed by atoms with van der Waals surface area (Å²) in [5, 5.41) is 3.60. The van der Waals surface area contributed by atoms with E-state index in [1.54, 1.807) is 0 Å². The average Bonchev–Trinajstić information content (AvgIpc) is 2.82. The minimum atomic E-state index is 0.253. The van der Waals surface area contributed by atoms with Crippen molar-refractivity contribution in [1.29, 1.82) is 0 Å². The maximum atomic E-state index is 5.40. The van der Waals surface area contributed by atoms with Gasteiger partial charge in [-0.15, -0.1) is 0 Å². The Labute approximate surface area is 82.3 Å². The van der Waals surface area contributed by atoms with Gasteiger partial charge in [-0.25, -0.2) is 0 Å². The van der Waals surface area contributed by atoms with Gasteiger partial charge < -0.3 is 15.2 Å². The summed E-state index contributed by atoms with van der Waals surface area (Å²) in [5.41, 5.74) is 5.40. The van der Waals surface area contributed by atoms with Crippen molar-refractivity contribution >= 4 is 5.95 Å². The van der Waals surface area contributed by atoms with Crippen LogP contribution in [0.3, 0.4) is 0 Å². The minimum absolute atomic E-state index is 0.253. The molecule has 0 radical (unpaired) electrons. The molecule has 0 amide bonds. The zero-order valence-corrected chi connectivity index (χ0v) is 8.02. The Morgan fingerprint density at radius 3 is 3.00 bits per heavy atom. The number of piperidine rings is 1. The maximum Gasteiger partial charge on any atom is 0.260 e. The molecule has 0 aliphatic carbocycles. The SMILES string of the molecule is Nc1noc(CC2CN3CCC2C3)n1. The molecule has 14 heavy (non-hydrogen) atoms. The van der Waals surface area contributed by atoms with Crippen LogP contribution in [0.15, 0.2) is 4.52 Å². The van der Waals surface area contributed by atoms with Gasteiger partial charge in [0, 0.05) is 19.5 Å². The predicted octanol–water partition coefficient (Wildman–Crippen LogP) is 0.146. The molecule has 5 nitrogen and oxygen atoms in total. The first kappa shape index (κ1) is 8.23. The average molecular weight is 194 g/mol. The van der Waals surface area contributed by atoms with E-state index in [-0.39, 0.29) is 5.95 Å². The fourth-order valence-electron chi connectivity index (χ4n) is 2.70. The summed E-state index contributed by atoms with van der Waals surface area (Å²) in [4.78, 5) is 6.55. The van der Waals surface area contributed by atoms with Gasteiger partial charge in [0.05, 0.1) is 0 Å². The van der Waals surface area contributed by atoms with Gasteiger partial charge in [0.1, 0.15) is 0 Å². The van der Waals surface area contributed by atoms with Gasteiger partial charge in [-0.2, -0.15) is 4.98 Å². The van der Waals surface area contributed by atoms with E-state index >= 15 is 0 Å². The summed E-state index contributed by atoms with van der Waals surface area (Å²) in [6.07, 6.45) is 2.22. The second-order valence-corrected chi connectivity index (χ2v) is 4.32. The summed E-state index contributed by atoms with van der Waals surface area (Å²) in [7, 11) is 0. The molecule has 3 heterocycles. The molecule has 0 saturated carbocycles. The van der Waals surface area contributed by atoms with Gasteiger partial charge in [0.25, 0.3) is 5.95 Å². The van der Waals surface area contributed by atoms with E-state index in [0.29, 0.717) is 11.8 Å². The van der Waals surface area contributed by atoms with Gasteiger partial charge in [-0.1, -0.05) is 0 Å². The second kappa shape index (κ2) is 2.95. The first-order valence-electron chi connectivity index (χ1n) is 5.11. The number of nitrogens with two attached hydrogens (primary N) is 1. The Bertz CT molecular complexity index is 337. The highest BCUT2D eigenvalue weighted by molar-refractivity contribution is 5.11. The highest BCUT2D eigenvalue weighted by atomic mass is 16.5. The highest BCUT2D eigenvalue weighted by Crippen LogP contribution is 2.34. The third-order valence-corrected chi connectivity index (χ3v) is 3.39. The number of rotatable bonds is 2. The fourth-order valence-corrected chi connectivity index (χ4v) is 2.70. The van der Waals surface area contributed by atoms with E-state index in [4.69, 9.17) is 10.3 Å². The van der Waals surface area contributed by atoms with Crippen LogP contribution in [0.5, 0.6) is 0 Å². The molecule has 2 saturated heterocycles. The normalized spacial score (nSPS) is 35.3. The van der Waals surface area contributed by atoms with Crippen LogP contribution < -0.4 is 5.73 Å². The van der Waals surface area contributed by atoms with Crippen molar-refractivity contribution in [2.45, 2.75) is 12.8 Å². The molecule has 2 fully saturated rings. The molecular formula is C9H14N4O. The monoisotopic (exact) mass is 194 g/mol. The third-order valence-electron chi connectivity index (χ3n) is 3.39. The molecule has 3 atom stereocenters. The van der Waals surface area contributed by atoms with E-state index in [1.807, 2.05) is 0 Å². The maximum absolute atomic E-state index is 5.40. The van der Waals surface area contributed by atoms with Crippen LogP contribution in [-0.4, -0.2) is 34.7 Å². The summed E-state index contributed by atoms with van der Waals surface area (Å²) in [5.74, 6) is 2.48. The third kappa shape index (κ3) is 1.28. The smallest absolute Gasteiger partial charge is 0.260 e. The van der Waals surface area contributed by atoms with Crippen molar-refractivity contribution in [2.24, 2.45) is 11.8 Å². The molecule has 3 rings (SSSR count). The summed E-state index contributed by atoms with van der Waals surface area (Å²) in [6, 6.07) is 0. The van der Waals surface area contributed by atoms with E-state index in [0.717, 1.165) is 12.3 Å². The molecule has 2 aliphatic heterocycles. The molecule has 76 valence electrons. The van der Waals surface area contributed by atoms with Crippen molar-refractivity contribution in [2.75, 3.05) is 25.4 Å². The Balaban J connectivity index is 1.68. The Kier molecular flexibility index (Phi) is 1.73. The lowest BCUT2D eigenvalue weighted by atomic mass is 9.90. The van der Waals surface area contributed by atoms with Crippen LogP contribution in [-0.2, 0) is 6.42 Å². The molecule has 3 unspecified atom stereocenters. The molecule has 2 bridgehead atoms. The predicted molar refractivity (Wildman–Crippen MR) is 50.5 cm³/mol. The van der Waals surface area contributed by atoms with Gasteiger partial charge in [0.15, 0.2) is 0 Å². The Hall–Kier alpha value is -1.10. The van der Waals surface area contributed by atoms with Crippen LogP contribution in [0.1, 0.15) is 12.3 Å². The van der Waals surface area contributed by atoms with E-state index in [1.165, 1.54) is 26.1 Å². The number of nitrogens with zero attached hydrogens (tertiary/aromatic N) is 3. The van der Waals surface area contributed by atoms with Crippen LogP contribution in [0, 0.1) is 11.8 Å². The summed E-state index contributed by atoms with van der Waals surface area (Å²) in [6.45, 7) is 3.72. The Morgan fingerprint density at radius 1 is 1.50 bits per heavy atom. The molecule has 2 N–H and O–H groups in total. The first-order chi connectivity index (χ1) is 6.81. The van der Waals surface area contributed by atoms with Crippen molar-refractivity contribution < 1.29 is 4.52 Å². The number of fused-ring (bicyclic) bond motifs is 2. The molecule has 1 aromatic heterocycles. The molecule has 2 aliphatic rings. The van der Waals surface area contributed by atoms with E-state index in [9.17, 15) is 0 Å². The van der Waals surface area contributed by atoms with Crippen molar-refractivity contribution in [1.82, 2.24) is 15.0 Å². The second-order valence-electron chi connectivity index (χ2n) is 4.32. The quantitative estimate of drug-likeness (QED) is 0.725. The van der Waals surface area contributed by atoms with Gasteiger partial charge in [0.2, 0.25) is 5.89 Å².